The zero-order valence-electron chi connectivity index (χ0n) is 15.3. The number of benzene rings is 1. The SMILES string of the molecule is CCCCCCCCCc1ccc(OCCOCCCC)cc1. The maximum absolute atomic E-state index is 5.70. The third-order valence-corrected chi connectivity index (χ3v) is 4.13. The van der Waals surface area contributed by atoms with Gasteiger partial charge in [0, 0.05) is 6.61 Å². The van der Waals surface area contributed by atoms with Crippen LogP contribution >= 0.6 is 0 Å². The standard InChI is InChI=1S/C21H36O2/c1-3-5-7-8-9-10-11-12-20-13-15-21(16-14-20)23-19-18-22-17-6-4-2/h13-16H,3-12,17-19H2,1-2H3. The fourth-order valence-corrected chi connectivity index (χ4v) is 2.61. The molecule has 0 saturated carbocycles. The van der Waals surface area contributed by atoms with Crippen LogP contribution in [0.2, 0.25) is 0 Å². The largest absolute Gasteiger partial charge is 0.491 e. The van der Waals surface area contributed by atoms with Crippen molar-refractivity contribution in [1.82, 2.24) is 0 Å². The second kappa shape index (κ2) is 14.6. The minimum atomic E-state index is 0.640. The Morgan fingerprint density at radius 2 is 1.30 bits per heavy atom. The Balaban J connectivity index is 2.04. The van der Waals surface area contributed by atoms with Gasteiger partial charge in [-0.1, -0.05) is 70.9 Å². The van der Waals surface area contributed by atoms with E-state index in [1.54, 1.807) is 0 Å². The molecule has 0 aliphatic heterocycles. The molecule has 0 amide bonds. The fraction of sp³-hybridized carbons (Fsp3) is 0.714. The maximum Gasteiger partial charge on any atom is 0.119 e. The van der Waals surface area contributed by atoms with Gasteiger partial charge in [0.1, 0.15) is 12.4 Å². The van der Waals surface area contributed by atoms with Crippen LogP contribution in [-0.2, 0) is 11.2 Å². The summed E-state index contributed by atoms with van der Waals surface area (Å²) in [6.07, 6.45) is 13.1. The average Bonchev–Trinajstić information content (AvgIpc) is 2.58. The Hall–Kier alpha value is -1.02. The summed E-state index contributed by atoms with van der Waals surface area (Å²) < 4.78 is 11.2. The molecule has 0 heterocycles. The highest BCUT2D eigenvalue weighted by molar-refractivity contribution is 5.27. The molecule has 0 unspecified atom stereocenters. The topological polar surface area (TPSA) is 18.5 Å². The summed E-state index contributed by atoms with van der Waals surface area (Å²) in [5.74, 6) is 0.951. The van der Waals surface area contributed by atoms with E-state index >= 15 is 0 Å². The molecule has 0 aliphatic rings. The molecule has 1 aromatic rings. The van der Waals surface area contributed by atoms with Gasteiger partial charge in [0.2, 0.25) is 0 Å². The molecule has 2 nitrogen and oxygen atoms in total. The van der Waals surface area contributed by atoms with Crippen LogP contribution < -0.4 is 4.74 Å². The predicted molar refractivity (Wildman–Crippen MR) is 99.4 cm³/mol. The van der Waals surface area contributed by atoms with Gasteiger partial charge in [-0.15, -0.1) is 0 Å². The summed E-state index contributed by atoms with van der Waals surface area (Å²) in [5, 5.41) is 0. The summed E-state index contributed by atoms with van der Waals surface area (Å²) in [4.78, 5) is 0. The van der Waals surface area contributed by atoms with Crippen LogP contribution in [0.1, 0.15) is 77.2 Å². The number of rotatable bonds is 15. The molecule has 0 radical (unpaired) electrons. The molecule has 0 bridgehead atoms. The van der Waals surface area contributed by atoms with Gasteiger partial charge < -0.3 is 9.47 Å². The monoisotopic (exact) mass is 320 g/mol. The highest BCUT2D eigenvalue weighted by Crippen LogP contribution is 2.15. The summed E-state index contributed by atoms with van der Waals surface area (Å²) in [5.41, 5.74) is 1.42. The van der Waals surface area contributed by atoms with Crippen molar-refractivity contribution >= 4 is 0 Å². The van der Waals surface area contributed by atoms with Crippen molar-refractivity contribution < 1.29 is 9.47 Å². The van der Waals surface area contributed by atoms with Crippen LogP contribution in [0.25, 0.3) is 0 Å². The lowest BCUT2D eigenvalue weighted by Crippen LogP contribution is -2.07. The van der Waals surface area contributed by atoms with Gasteiger partial charge in [0.15, 0.2) is 0 Å². The van der Waals surface area contributed by atoms with E-state index in [0.29, 0.717) is 13.2 Å². The minimum Gasteiger partial charge on any atom is -0.491 e. The highest BCUT2D eigenvalue weighted by Gasteiger charge is 1.97. The molecule has 0 fully saturated rings. The smallest absolute Gasteiger partial charge is 0.119 e. The highest BCUT2D eigenvalue weighted by atomic mass is 16.5. The Morgan fingerprint density at radius 3 is 2.00 bits per heavy atom. The van der Waals surface area contributed by atoms with Gasteiger partial charge in [-0.3, -0.25) is 0 Å². The van der Waals surface area contributed by atoms with E-state index in [9.17, 15) is 0 Å². The van der Waals surface area contributed by atoms with E-state index in [1.807, 2.05) is 0 Å². The lowest BCUT2D eigenvalue weighted by Gasteiger charge is -2.08. The summed E-state index contributed by atoms with van der Waals surface area (Å²) in [6.45, 7) is 6.61. The quantitative estimate of drug-likeness (QED) is 0.359. The predicted octanol–water partition coefficient (Wildman–Crippen LogP) is 6.18. The van der Waals surface area contributed by atoms with Crippen molar-refractivity contribution in [3.63, 3.8) is 0 Å². The van der Waals surface area contributed by atoms with E-state index in [2.05, 4.69) is 38.1 Å². The fourth-order valence-electron chi connectivity index (χ4n) is 2.61. The zero-order valence-corrected chi connectivity index (χ0v) is 15.3. The van der Waals surface area contributed by atoms with E-state index in [4.69, 9.17) is 9.47 Å². The van der Waals surface area contributed by atoms with Crippen LogP contribution in [-0.4, -0.2) is 19.8 Å². The minimum absolute atomic E-state index is 0.640. The van der Waals surface area contributed by atoms with E-state index in [0.717, 1.165) is 18.8 Å². The lowest BCUT2D eigenvalue weighted by molar-refractivity contribution is 0.0980. The third kappa shape index (κ3) is 11.2. The van der Waals surface area contributed by atoms with Gasteiger partial charge in [-0.2, -0.15) is 0 Å². The first-order valence-electron chi connectivity index (χ1n) is 9.66. The van der Waals surface area contributed by atoms with Crippen LogP contribution in [0.5, 0.6) is 5.75 Å². The molecule has 0 atom stereocenters. The molecule has 23 heavy (non-hydrogen) atoms. The van der Waals surface area contributed by atoms with Crippen LogP contribution in [0.3, 0.4) is 0 Å². The Labute approximate surface area is 143 Å². The molecule has 132 valence electrons. The Bertz CT molecular complexity index is 359. The first-order chi connectivity index (χ1) is 11.4. The van der Waals surface area contributed by atoms with Gasteiger partial charge in [-0.25, -0.2) is 0 Å². The van der Waals surface area contributed by atoms with Crippen molar-refractivity contribution in [1.29, 1.82) is 0 Å². The molecular formula is C21H36O2. The molecule has 0 N–H and O–H groups in total. The average molecular weight is 321 g/mol. The van der Waals surface area contributed by atoms with Crippen LogP contribution in [0.15, 0.2) is 24.3 Å². The first-order valence-corrected chi connectivity index (χ1v) is 9.66. The summed E-state index contributed by atoms with van der Waals surface area (Å²) in [6, 6.07) is 8.57. The van der Waals surface area contributed by atoms with Crippen molar-refractivity contribution in [2.24, 2.45) is 0 Å². The Kier molecular flexibility index (Phi) is 12.7. The number of unbranched alkanes of at least 4 members (excludes halogenated alkanes) is 7. The number of aryl methyl sites for hydroxylation is 1. The molecule has 1 aromatic carbocycles. The summed E-state index contributed by atoms with van der Waals surface area (Å²) in [7, 11) is 0. The molecule has 0 saturated heterocycles. The van der Waals surface area contributed by atoms with E-state index in [-0.39, 0.29) is 0 Å². The Morgan fingerprint density at radius 1 is 0.652 bits per heavy atom. The third-order valence-electron chi connectivity index (χ3n) is 4.13. The lowest BCUT2D eigenvalue weighted by atomic mass is 10.0. The van der Waals surface area contributed by atoms with Crippen molar-refractivity contribution in [3.05, 3.63) is 29.8 Å². The van der Waals surface area contributed by atoms with Crippen molar-refractivity contribution in [2.45, 2.75) is 78.1 Å². The number of hydrogen-bond acceptors (Lipinski definition) is 2. The number of ether oxygens (including phenoxy) is 2. The van der Waals surface area contributed by atoms with Gasteiger partial charge in [0.05, 0.1) is 6.61 Å². The normalized spacial score (nSPS) is 10.9. The molecule has 0 aliphatic carbocycles. The second-order valence-electron chi connectivity index (χ2n) is 6.33. The van der Waals surface area contributed by atoms with Crippen molar-refractivity contribution in [2.75, 3.05) is 19.8 Å². The molecule has 0 aromatic heterocycles. The van der Waals surface area contributed by atoms with Gasteiger partial charge in [0.25, 0.3) is 0 Å². The molecule has 0 spiro atoms. The van der Waals surface area contributed by atoms with E-state index in [1.165, 1.54) is 63.4 Å². The van der Waals surface area contributed by atoms with Crippen molar-refractivity contribution in [3.8, 4) is 5.75 Å². The maximum atomic E-state index is 5.70. The molecular weight excluding hydrogens is 284 g/mol. The zero-order chi connectivity index (χ0) is 16.6. The van der Waals surface area contributed by atoms with Crippen LogP contribution in [0, 0.1) is 0 Å². The molecule has 2 heteroatoms. The van der Waals surface area contributed by atoms with Gasteiger partial charge >= 0.3 is 0 Å². The first kappa shape index (κ1) is 20.0. The van der Waals surface area contributed by atoms with Crippen LogP contribution in [0.4, 0.5) is 0 Å². The number of hydrogen-bond donors (Lipinski definition) is 0. The van der Waals surface area contributed by atoms with Gasteiger partial charge in [-0.05, 0) is 37.0 Å². The second-order valence-corrected chi connectivity index (χ2v) is 6.33. The van der Waals surface area contributed by atoms with E-state index < -0.39 is 0 Å². The molecule has 1 rings (SSSR count). The summed E-state index contributed by atoms with van der Waals surface area (Å²) >= 11 is 0.